The number of hydrogen-bond donors (Lipinski definition) is 3. The van der Waals surface area contributed by atoms with Gasteiger partial charge in [0.2, 0.25) is 10.0 Å². The highest BCUT2D eigenvalue weighted by molar-refractivity contribution is 7.91. The Morgan fingerprint density at radius 2 is 2.33 bits per heavy atom. The van der Waals surface area contributed by atoms with Gasteiger partial charge in [0.1, 0.15) is 4.21 Å². The van der Waals surface area contributed by atoms with Gasteiger partial charge < -0.3 is 10.6 Å². The molecule has 100 valence electrons. The molecule has 2 rings (SSSR count). The maximum Gasteiger partial charge on any atom is 0.250 e. The molecular weight excluding hydrogens is 272 g/mol. The largest absolute Gasteiger partial charge is 0.356 e. The zero-order chi connectivity index (χ0) is 12.8. The molecule has 1 aromatic rings. The van der Waals surface area contributed by atoms with Crippen molar-refractivity contribution >= 4 is 27.3 Å². The first-order valence-electron chi connectivity index (χ1n) is 5.74. The maximum absolute atomic E-state index is 11.8. The van der Waals surface area contributed by atoms with E-state index in [1.807, 2.05) is 0 Å². The molecule has 0 saturated carbocycles. The van der Waals surface area contributed by atoms with Crippen molar-refractivity contribution in [3.63, 3.8) is 0 Å². The summed E-state index contributed by atoms with van der Waals surface area (Å²) in [5.41, 5.74) is 0. The Morgan fingerprint density at radius 1 is 1.44 bits per heavy atom. The number of nitrogens with one attached hydrogen (secondary N) is 3. The SMILES string of the molecule is O=S(=O)(NCCNC1=NCCCN1)c1cccs1. The third kappa shape index (κ3) is 3.69. The van der Waals surface area contributed by atoms with Gasteiger partial charge in [-0.2, -0.15) is 0 Å². The predicted molar refractivity (Wildman–Crippen MR) is 72.4 cm³/mol. The molecule has 0 radical (unpaired) electrons. The van der Waals surface area contributed by atoms with Crippen LogP contribution in [0.25, 0.3) is 0 Å². The molecular formula is C10H16N4O2S2. The molecule has 0 amide bonds. The van der Waals surface area contributed by atoms with Crippen LogP contribution in [-0.4, -0.2) is 40.6 Å². The molecule has 0 bridgehead atoms. The Kier molecular flexibility index (Phi) is 4.56. The number of nitrogens with zero attached hydrogens (tertiary/aromatic N) is 1. The molecule has 0 spiro atoms. The second kappa shape index (κ2) is 6.17. The second-order valence-electron chi connectivity index (χ2n) is 3.77. The Morgan fingerprint density at radius 3 is 3.00 bits per heavy atom. The fourth-order valence-electron chi connectivity index (χ4n) is 1.50. The summed E-state index contributed by atoms with van der Waals surface area (Å²) in [6.45, 7) is 2.57. The van der Waals surface area contributed by atoms with Gasteiger partial charge in [0.15, 0.2) is 5.96 Å². The topological polar surface area (TPSA) is 82.6 Å². The van der Waals surface area contributed by atoms with Crippen LogP contribution in [0.2, 0.25) is 0 Å². The van der Waals surface area contributed by atoms with Crippen LogP contribution in [0.3, 0.4) is 0 Å². The smallest absolute Gasteiger partial charge is 0.250 e. The van der Waals surface area contributed by atoms with Gasteiger partial charge in [0.05, 0.1) is 0 Å². The maximum atomic E-state index is 11.8. The molecule has 0 aliphatic carbocycles. The van der Waals surface area contributed by atoms with Crippen LogP contribution in [0.1, 0.15) is 6.42 Å². The van der Waals surface area contributed by atoms with E-state index in [0.29, 0.717) is 17.3 Å². The predicted octanol–water partition coefficient (Wildman–Crippen LogP) is -0.0347. The van der Waals surface area contributed by atoms with Crippen molar-refractivity contribution in [2.75, 3.05) is 26.2 Å². The summed E-state index contributed by atoms with van der Waals surface area (Å²) in [6, 6.07) is 3.31. The third-order valence-corrected chi connectivity index (χ3v) is 5.23. The Hall–Kier alpha value is -1.12. The monoisotopic (exact) mass is 288 g/mol. The molecule has 8 heteroatoms. The van der Waals surface area contributed by atoms with Crippen LogP contribution in [0.4, 0.5) is 0 Å². The average molecular weight is 288 g/mol. The van der Waals surface area contributed by atoms with Crippen molar-refractivity contribution in [1.82, 2.24) is 15.4 Å². The summed E-state index contributed by atoms with van der Waals surface area (Å²) in [4.78, 5) is 4.23. The zero-order valence-corrected chi connectivity index (χ0v) is 11.5. The molecule has 6 nitrogen and oxygen atoms in total. The molecule has 0 fully saturated rings. The van der Waals surface area contributed by atoms with Gasteiger partial charge in [-0.1, -0.05) is 6.07 Å². The lowest BCUT2D eigenvalue weighted by Crippen LogP contribution is -2.43. The molecule has 0 unspecified atom stereocenters. The summed E-state index contributed by atoms with van der Waals surface area (Å²) < 4.78 is 26.4. The molecule has 2 heterocycles. The number of aliphatic imine (C=N–C) groups is 1. The van der Waals surface area contributed by atoms with Crippen molar-refractivity contribution < 1.29 is 8.42 Å². The normalized spacial score (nSPS) is 15.9. The standard InChI is InChI=1S/C10H16N4O2S2/c15-18(16,9-3-1-8-17-9)14-7-6-13-10-11-4-2-5-12-10/h1,3,8,14H,2,4-7H2,(H2,11,12,13). The molecule has 0 saturated heterocycles. The van der Waals surface area contributed by atoms with Crippen molar-refractivity contribution in [3.05, 3.63) is 17.5 Å². The van der Waals surface area contributed by atoms with E-state index in [4.69, 9.17) is 0 Å². The van der Waals surface area contributed by atoms with Gasteiger partial charge in [-0.25, -0.2) is 13.1 Å². The molecule has 1 aromatic heterocycles. The molecule has 0 aromatic carbocycles. The van der Waals surface area contributed by atoms with Gasteiger partial charge >= 0.3 is 0 Å². The lowest BCUT2D eigenvalue weighted by molar-refractivity contribution is 0.582. The first-order chi connectivity index (χ1) is 8.68. The van der Waals surface area contributed by atoms with E-state index in [-0.39, 0.29) is 0 Å². The molecule has 0 atom stereocenters. The number of sulfonamides is 1. The number of hydrogen-bond acceptors (Lipinski definition) is 6. The Bertz CT molecular complexity index is 496. The van der Waals surface area contributed by atoms with Crippen LogP contribution in [0, 0.1) is 0 Å². The first kappa shape index (κ1) is 13.3. The molecule has 3 N–H and O–H groups in total. The number of rotatable bonds is 5. The van der Waals surface area contributed by atoms with E-state index in [0.717, 1.165) is 25.5 Å². The van der Waals surface area contributed by atoms with Gasteiger partial charge in [-0.05, 0) is 17.9 Å². The van der Waals surface area contributed by atoms with Crippen LogP contribution >= 0.6 is 11.3 Å². The van der Waals surface area contributed by atoms with Crippen LogP contribution in [0.5, 0.6) is 0 Å². The van der Waals surface area contributed by atoms with Crippen molar-refractivity contribution in [1.29, 1.82) is 0 Å². The minimum Gasteiger partial charge on any atom is -0.356 e. The van der Waals surface area contributed by atoms with Crippen molar-refractivity contribution in [2.45, 2.75) is 10.6 Å². The third-order valence-electron chi connectivity index (χ3n) is 2.37. The van der Waals surface area contributed by atoms with E-state index in [1.54, 1.807) is 17.5 Å². The van der Waals surface area contributed by atoms with E-state index < -0.39 is 10.0 Å². The van der Waals surface area contributed by atoms with Crippen LogP contribution in [-0.2, 0) is 10.0 Å². The summed E-state index contributed by atoms with van der Waals surface area (Å²) in [5, 5.41) is 7.91. The van der Waals surface area contributed by atoms with Crippen molar-refractivity contribution in [3.8, 4) is 0 Å². The fourth-order valence-corrected chi connectivity index (χ4v) is 3.57. The molecule has 1 aliphatic rings. The van der Waals surface area contributed by atoms with Crippen molar-refractivity contribution in [2.24, 2.45) is 4.99 Å². The average Bonchev–Trinajstić information content (AvgIpc) is 2.91. The summed E-state index contributed by atoms with van der Waals surface area (Å²) >= 11 is 1.21. The summed E-state index contributed by atoms with van der Waals surface area (Å²) in [5.74, 6) is 0.747. The quantitative estimate of drug-likeness (QED) is 0.664. The van der Waals surface area contributed by atoms with Gasteiger partial charge in [-0.15, -0.1) is 11.3 Å². The first-order valence-corrected chi connectivity index (χ1v) is 8.10. The van der Waals surface area contributed by atoms with Crippen LogP contribution in [0.15, 0.2) is 26.7 Å². The molecule has 18 heavy (non-hydrogen) atoms. The van der Waals surface area contributed by atoms with E-state index in [2.05, 4.69) is 20.3 Å². The van der Waals surface area contributed by atoms with Gasteiger partial charge in [0, 0.05) is 26.2 Å². The lowest BCUT2D eigenvalue weighted by Gasteiger charge is -2.15. The van der Waals surface area contributed by atoms with Gasteiger partial charge in [-0.3, -0.25) is 4.99 Å². The highest BCUT2D eigenvalue weighted by Crippen LogP contribution is 2.14. The molecule has 1 aliphatic heterocycles. The Balaban J connectivity index is 1.74. The number of thiophene rings is 1. The summed E-state index contributed by atoms with van der Waals surface area (Å²) in [6.07, 6.45) is 1.04. The second-order valence-corrected chi connectivity index (χ2v) is 6.71. The highest BCUT2D eigenvalue weighted by atomic mass is 32.2. The van der Waals surface area contributed by atoms with E-state index in [9.17, 15) is 8.42 Å². The van der Waals surface area contributed by atoms with E-state index >= 15 is 0 Å². The zero-order valence-electron chi connectivity index (χ0n) is 9.85. The van der Waals surface area contributed by atoms with Crippen LogP contribution < -0.4 is 15.4 Å². The highest BCUT2D eigenvalue weighted by Gasteiger charge is 2.13. The summed E-state index contributed by atoms with van der Waals surface area (Å²) in [7, 11) is -3.35. The minimum atomic E-state index is -3.35. The van der Waals surface area contributed by atoms with E-state index in [1.165, 1.54) is 11.3 Å². The minimum absolute atomic E-state index is 0.334. The Labute approximate surface area is 111 Å². The fraction of sp³-hybridized carbons (Fsp3) is 0.500. The lowest BCUT2D eigenvalue weighted by atomic mass is 10.4. The number of guanidine groups is 1. The van der Waals surface area contributed by atoms with Gasteiger partial charge in [0.25, 0.3) is 0 Å².